The lowest BCUT2D eigenvalue weighted by Gasteiger charge is -2.00. The molecule has 0 spiro atoms. The number of aromatic amines is 1. The second-order valence-corrected chi connectivity index (χ2v) is 3.31. The second kappa shape index (κ2) is 4.24. The fraction of sp³-hybridized carbons (Fsp3) is 0.333. The second-order valence-electron chi connectivity index (χ2n) is 3.31. The number of fused-ring (bicyclic) bond motifs is 1. The van der Waals surface area contributed by atoms with E-state index in [1.807, 2.05) is 0 Å². The zero-order chi connectivity index (χ0) is 12.4. The summed E-state index contributed by atoms with van der Waals surface area (Å²) in [5, 5.41) is 2.52. The average molecular weight is 237 g/mol. The van der Waals surface area contributed by atoms with E-state index < -0.39 is 5.97 Å². The SMILES string of the molecule is CCOC(=O)Cc1cc(=O)n2[nH]c(N)nc2n1. The summed E-state index contributed by atoms with van der Waals surface area (Å²) in [4.78, 5) is 30.7. The molecule has 3 N–H and O–H groups in total. The van der Waals surface area contributed by atoms with Gasteiger partial charge >= 0.3 is 5.97 Å². The van der Waals surface area contributed by atoms with Crippen molar-refractivity contribution < 1.29 is 9.53 Å². The van der Waals surface area contributed by atoms with Crippen LogP contribution in [-0.4, -0.2) is 32.2 Å². The van der Waals surface area contributed by atoms with Crippen molar-refractivity contribution in [1.29, 1.82) is 0 Å². The van der Waals surface area contributed by atoms with Gasteiger partial charge in [0.1, 0.15) is 0 Å². The zero-order valence-electron chi connectivity index (χ0n) is 9.14. The van der Waals surface area contributed by atoms with Crippen molar-refractivity contribution in [1.82, 2.24) is 19.6 Å². The van der Waals surface area contributed by atoms with E-state index in [0.29, 0.717) is 5.69 Å². The molecule has 2 rings (SSSR count). The Labute approximate surface area is 95.4 Å². The molecule has 2 heterocycles. The number of nitrogens with two attached hydrogens (primary N) is 1. The first-order chi connectivity index (χ1) is 8.10. The predicted molar refractivity (Wildman–Crippen MR) is 58.4 cm³/mol. The molecule has 0 unspecified atom stereocenters. The highest BCUT2D eigenvalue weighted by Gasteiger charge is 2.10. The van der Waals surface area contributed by atoms with E-state index >= 15 is 0 Å². The van der Waals surface area contributed by atoms with Crippen LogP contribution in [0.15, 0.2) is 10.9 Å². The smallest absolute Gasteiger partial charge is 0.311 e. The molecule has 0 aliphatic heterocycles. The maximum atomic E-state index is 11.6. The molecular weight excluding hydrogens is 226 g/mol. The number of nitrogens with zero attached hydrogens (tertiary/aromatic N) is 3. The van der Waals surface area contributed by atoms with Gasteiger partial charge in [-0.2, -0.15) is 9.50 Å². The van der Waals surface area contributed by atoms with E-state index in [-0.39, 0.29) is 30.3 Å². The van der Waals surface area contributed by atoms with Gasteiger partial charge in [-0.3, -0.25) is 14.7 Å². The van der Waals surface area contributed by atoms with Crippen LogP contribution < -0.4 is 11.3 Å². The Morgan fingerprint density at radius 2 is 2.35 bits per heavy atom. The lowest BCUT2D eigenvalue weighted by molar-refractivity contribution is -0.142. The normalized spacial score (nSPS) is 10.6. The summed E-state index contributed by atoms with van der Waals surface area (Å²) in [7, 11) is 0. The van der Waals surface area contributed by atoms with Crippen LogP contribution in [0.4, 0.5) is 5.95 Å². The number of nitrogen functional groups attached to an aromatic ring is 1. The lowest BCUT2D eigenvalue weighted by Crippen LogP contribution is -2.18. The third kappa shape index (κ3) is 2.25. The van der Waals surface area contributed by atoms with Crippen LogP contribution in [0, 0.1) is 0 Å². The summed E-state index contributed by atoms with van der Waals surface area (Å²) >= 11 is 0. The standard InChI is InChI=1S/C9H11N5O3/c1-2-17-7(16)4-5-3-6(15)14-9(11-5)12-8(10)13-14/h3H,2,4H2,1H3,(H3,10,11,12,13). The molecule has 0 radical (unpaired) electrons. The topological polar surface area (TPSA) is 115 Å². The summed E-state index contributed by atoms with van der Waals surface area (Å²) < 4.78 is 5.86. The summed E-state index contributed by atoms with van der Waals surface area (Å²) in [5.41, 5.74) is 5.33. The van der Waals surface area contributed by atoms with Crippen molar-refractivity contribution in [3.63, 3.8) is 0 Å². The fourth-order valence-corrected chi connectivity index (χ4v) is 1.39. The number of nitrogens with one attached hydrogen (secondary N) is 1. The third-order valence-electron chi connectivity index (χ3n) is 2.03. The van der Waals surface area contributed by atoms with Crippen LogP contribution in [0.3, 0.4) is 0 Å². The van der Waals surface area contributed by atoms with Gasteiger partial charge in [-0.05, 0) is 6.92 Å². The van der Waals surface area contributed by atoms with Crippen LogP contribution in [0.1, 0.15) is 12.6 Å². The predicted octanol–water partition coefficient (Wildman–Crippen LogP) is -0.895. The highest BCUT2D eigenvalue weighted by atomic mass is 16.5. The molecule has 17 heavy (non-hydrogen) atoms. The molecule has 0 aliphatic rings. The summed E-state index contributed by atoms with van der Waals surface area (Å²) in [5.74, 6) is -0.218. The Hall–Kier alpha value is -2.38. The summed E-state index contributed by atoms with van der Waals surface area (Å²) in [6.45, 7) is 1.99. The van der Waals surface area contributed by atoms with Crippen LogP contribution in [0.25, 0.3) is 5.78 Å². The van der Waals surface area contributed by atoms with Gasteiger partial charge in [-0.15, -0.1) is 0 Å². The molecule has 90 valence electrons. The monoisotopic (exact) mass is 237 g/mol. The first-order valence-electron chi connectivity index (χ1n) is 5.00. The molecule has 0 aromatic carbocycles. The number of esters is 1. The van der Waals surface area contributed by atoms with Crippen molar-refractivity contribution >= 4 is 17.7 Å². The average Bonchev–Trinajstić information content (AvgIpc) is 2.59. The van der Waals surface area contributed by atoms with E-state index in [9.17, 15) is 9.59 Å². The quantitative estimate of drug-likeness (QED) is 0.669. The number of anilines is 1. The number of ether oxygens (including phenoxy) is 1. The van der Waals surface area contributed by atoms with Gasteiger partial charge in [0.05, 0.1) is 18.7 Å². The van der Waals surface area contributed by atoms with Gasteiger partial charge in [-0.1, -0.05) is 0 Å². The highest BCUT2D eigenvalue weighted by molar-refractivity contribution is 5.72. The Kier molecular flexibility index (Phi) is 2.77. The highest BCUT2D eigenvalue weighted by Crippen LogP contribution is 2.00. The van der Waals surface area contributed by atoms with Gasteiger partial charge in [-0.25, -0.2) is 4.98 Å². The largest absolute Gasteiger partial charge is 0.466 e. The Balaban J connectivity index is 2.36. The van der Waals surface area contributed by atoms with E-state index in [0.717, 1.165) is 4.52 Å². The van der Waals surface area contributed by atoms with E-state index in [1.165, 1.54) is 6.07 Å². The van der Waals surface area contributed by atoms with E-state index in [1.54, 1.807) is 6.92 Å². The van der Waals surface area contributed by atoms with Crippen molar-refractivity contribution in [2.45, 2.75) is 13.3 Å². The summed E-state index contributed by atoms with van der Waals surface area (Å²) in [6.07, 6.45) is -0.0632. The minimum atomic E-state index is -0.438. The van der Waals surface area contributed by atoms with Crippen molar-refractivity contribution in [3.8, 4) is 0 Å². The lowest BCUT2D eigenvalue weighted by atomic mass is 10.3. The first kappa shape index (κ1) is 11.1. The number of hydrogen-bond acceptors (Lipinski definition) is 6. The molecule has 0 amide bonds. The Morgan fingerprint density at radius 3 is 3.06 bits per heavy atom. The number of H-pyrrole nitrogens is 1. The molecule has 0 bridgehead atoms. The van der Waals surface area contributed by atoms with Gasteiger partial charge in [0.15, 0.2) is 0 Å². The van der Waals surface area contributed by atoms with Gasteiger partial charge in [0.2, 0.25) is 5.95 Å². The molecule has 0 aliphatic carbocycles. The zero-order valence-corrected chi connectivity index (χ0v) is 9.14. The van der Waals surface area contributed by atoms with Crippen molar-refractivity contribution in [2.24, 2.45) is 0 Å². The first-order valence-corrected chi connectivity index (χ1v) is 5.00. The Morgan fingerprint density at radius 1 is 1.59 bits per heavy atom. The van der Waals surface area contributed by atoms with E-state index in [2.05, 4.69) is 15.1 Å². The minimum Gasteiger partial charge on any atom is -0.466 e. The van der Waals surface area contributed by atoms with E-state index in [4.69, 9.17) is 10.5 Å². The summed E-state index contributed by atoms with van der Waals surface area (Å²) in [6, 6.07) is 1.24. The maximum Gasteiger partial charge on any atom is 0.311 e. The third-order valence-corrected chi connectivity index (χ3v) is 2.03. The fourth-order valence-electron chi connectivity index (χ4n) is 1.39. The van der Waals surface area contributed by atoms with Gasteiger partial charge in [0, 0.05) is 6.07 Å². The van der Waals surface area contributed by atoms with Crippen molar-refractivity contribution in [2.75, 3.05) is 12.3 Å². The van der Waals surface area contributed by atoms with Crippen LogP contribution in [0.2, 0.25) is 0 Å². The van der Waals surface area contributed by atoms with Crippen molar-refractivity contribution in [3.05, 3.63) is 22.1 Å². The molecule has 8 heteroatoms. The minimum absolute atomic E-state index is 0.0632. The van der Waals surface area contributed by atoms with Gasteiger partial charge in [0.25, 0.3) is 11.3 Å². The number of hydrogen-bond donors (Lipinski definition) is 2. The molecule has 0 atom stereocenters. The molecular formula is C9H11N5O3. The molecule has 2 aromatic heterocycles. The molecule has 0 saturated heterocycles. The molecule has 0 fully saturated rings. The Bertz CT molecular complexity index is 615. The molecule has 2 aromatic rings. The number of aromatic nitrogens is 4. The van der Waals surface area contributed by atoms with Crippen LogP contribution in [0.5, 0.6) is 0 Å². The van der Waals surface area contributed by atoms with Gasteiger partial charge < -0.3 is 10.5 Å². The number of carbonyl (C=O) groups excluding carboxylic acids is 1. The van der Waals surface area contributed by atoms with Crippen LogP contribution >= 0.6 is 0 Å². The maximum absolute atomic E-state index is 11.6. The molecule has 8 nitrogen and oxygen atoms in total. The van der Waals surface area contributed by atoms with Crippen LogP contribution in [-0.2, 0) is 16.0 Å². The molecule has 0 saturated carbocycles. The number of rotatable bonds is 3. The number of carbonyl (C=O) groups is 1.